The van der Waals surface area contributed by atoms with Crippen LogP contribution < -0.4 is 0 Å². The van der Waals surface area contributed by atoms with Gasteiger partial charge >= 0.3 is 0 Å². The van der Waals surface area contributed by atoms with Gasteiger partial charge in [-0.15, -0.1) is 5.54 Å². The van der Waals surface area contributed by atoms with Crippen LogP contribution in [0.4, 0.5) is 0 Å². The molecule has 0 radical (unpaired) electrons. The lowest BCUT2D eigenvalue weighted by Crippen LogP contribution is -2.46. The van der Waals surface area contributed by atoms with E-state index in [9.17, 15) is 5.11 Å². The van der Waals surface area contributed by atoms with Crippen LogP contribution in [0.5, 0.6) is 0 Å². The van der Waals surface area contributed by atoms with Gasteiger partial charge in [0.2, 0.25) is 0 Å². The van der Waals surface area contributed by atoms with Crippen molar-refractivity contribution >= 4 is 16.4 Å². The van der Waals surface area contributed by atoms with E-state index in [4.69, 9.17) is 13.9 Å². The van der Waals surface area contributed by atoms with E-state index >= 15 is 0 Å². The summed E-state index contributed by atoms with van der Waals surface area (Å²) in [6.45, 7) is 26.4. The van der Waals surface area contributed by atoms with E-state index in [0.717, 1.165) is 5.57 Å². The largest absolute Gasteiger partial charge is 0.413 e. The summed E-state index contributed by atoms with van der Waals surface area (Å²) in [6.07, 6.45) is -0.754. The van der Waals surface area contributed by atoms with Crippen LogP contribution in [-0.4, -0.2) is 52.7 Å². The van der Waals surface area contributed by atoms with Crippen LogP contribution >= 0.6 is 0 Å². The first kappa shape index (κ1) is 25.6. The minimum absolute atomic E-state index is 0.0887. The number of ether oxygens (including phenoxy) is 2. The summed E-state index contributed by atoms with van der Waals surface area (Å²) >= 11 is 0. The van der Waals surface area contributed by atoms with E-state index < -0.39 is 22.5 Å². The average molecular weight is 427 g/mol. The zero-order valence-electron chi connectivity index (χ0n) is 19.7. The Labute approximate surface area is 175 Å². The SMILES string of the molecule is C=C1C(OC(C)OCC)C[C@@H](O[Si](C)(C)C(C)(C)C)C1C(O)C#C[Si](C)(C)C. The molecule has 1 fully saturated rings. The molecule has 28 heavy (non-hydrogen) atoms. The Bertz CT molecular complexity index is 592. The predicted octanol–water partition coefficient (Wildman–Crippen LogP) is 4.96. The van der Waals surface area contributed by atoms with Crippen LogP contribution in [-0.2, 0) is 13.9 Å². The Morgan fingerprint density at radius 2 is 1.79 bits per heavy atom. The van der Waals surface area contributed by atoms with Gasteiger partial charge in [-0.2, -0.15) is 0 Å². The third-order valence-corrected chi connectivity index (χ3v) is 11.0. The van der Waals surface area contributed by atoms with Crippen molar-refractivity contribution in [3.8, 4) is 11.5 Å². The van der Waals surface area contributed by atoms with Gasteiger partial charge < -0.3 is 19.0 Å². The van der Waals surface area contributed by atoms with Crippen molar-refractivity contribution in [2.24, 2.45) is 5.92 Å². The Morgan fingerprint density at radius 1 is 1.21 bits per heavy atom. The number of hydrogen-bond donors (Lipinski definition) is 1. The molecular formula is C22H42O4Si2. The summed E-state index contributed by atoms with van der Waals surface area (Å²) in [5.74, 6) is 2.86. The molecule has 5 atom stereocenters. The number of aliphatic hydroxyl groups excluding tert-OH is 1. The molecule has 0 bridgehead atoms. The molecule has 6 heteroatoms. The van der Waals surface area contributed by atoms with Gasteiger partial charge in [0.05, 0.1) is 12.2 Å². The molecule has 4 unspecified atom stereocenters. The highest BCUT2D eigenvalue weighted by molar-refractivity contribution is 6.83. The van der Waals surface area contributed by atoms with Gasteiger partial charge in [-0.05, 0) is 37.6 Å². The first-order valence-corrected chi connectivity index (χ1v) is 16.8. The highest BCUT2D eigenvalue weighted by atomic mass is 28.4. The zero-order chi connectivity index (χ0) is 21.9. The molecule has 0 saturated heterocycles. The molecule has 1 aliphatic rings. The van der Waals surface area contributed by atoms with Crippen LogP contribution in [0.25, 0.3) is 0 Å². The van der Waals surface area contributed by atoms with E-state index in [1.165, 1.54) is 0 Å². The standard InChI is InChI=1S/C22H42O4Si2/c1-12-24-17(3)25-19-15-20(26-28(10,11)22(4,5)6)21(16(19)2)18(23)13-14-27(7,8)9/h17-21,23H,2,12,15H2,1,3-11H3/t17?,18?,19?,20-,21?/m1/s1. The fourth-order valence-electron chi connectivity index (χ4n) is 3.07. The second-order valence-electron chi connectivity index (χ2n) is 10.4. The van der Waals surface area contributed by atoms with Gasteiger partial charge in [0.15, 0.2) is 14.6 Å². The summed E-state index contributed by atoms with van der Waals surface area (Å²) in [7, 11) is -3.59. The molecule has 1 rings (SSSR count). The van der Waals surface area contributed by atoms with Crippen molar-refractivity contribution in [3.05, 3.63) is 12.2 Å². The van der Waals surface area contributed by atoms with Crippen LogP contribution in [0.15, 0.2) is 12.2 Å². The third-order valence-electron chi connectivity index (χ3n) is 5.63. The number of aliphatic hydroxyl groups is 1. The van der Waals surface area contributed by atoms with Gasteiger partial charge in [0.1, 0.15) is 14.2 Å². The van der Waals surface area contributed by atoms with Crippen LogP contribution in [0.1, 0.15) is 41.0 Å². The third kappa shape index (κ3) is 7.12. The van der Waals surface area contributed by atoms with Crippen molar-refractivity contribution in [2.75, 3.05) is 6.61 Å². The molecule has 4 nitrogen and oxygen atoms in total. The fourth-order valence-corrected chi connectivity index (χ4v) is 5.01. The van der Waals surface area contributed by atoms with Gasteiger partial charge in [0.25, 0.3) is 0 Å². The fraction of sp³-hybridized carbons (Fsp3) is 0.818. The Hall–Kier alpha value is -0.426. The first-order chi connectivity index (χ1) is 12.6. The van der Waals surface area contributed by atoms with Crippen LogP contribution in [0.3, 0.4) is 0 Å². The molecule has 0 heterocycles. The molecule has 0 aromatic heterocycles. The highest BCUT2D eigenvalue weighted by Crippen LogP contribution is 2.44. The molecule has 0 amide bonds. The Balaban J connectivity index is 3.12. The van der Waals surface area contributed by atoms with E-state index in [1.807, 2.05) is 13.8 Å². The molecule has 0 spiro atoms. The van der Waals surface area contributed by atoms with Crippen molar-refractivity contribution < 1.29 is 19.0 Å². The maximum absolute atomic E-state index is 10.9. The minimum Gasteiger partial charge on any atom is -0.413 e. The quantitative estimate of drug-likeness (QED) is 0.270. The molecule has 0 aromatic carbocycles. The van der Waals surface area contributed by atoms with Gasteiger partial charge in [-0.3, -0.25) is 0 Å². The van der Waals surface area contributed by atoms with Crippen molar-refractivity contribution in [1.29, 1.82) is 0 Å². The van der Waals surface area contributed by atoms with E-state index in [-0.39, 0.29) is 29.5 Å². The molecule has 162 valence electrons. The van der Waals surface area contributed by atoms with E-state index in [2.05, 4.69) is 71.5 Å². The maximum Gasteiger partial charge on any atom is 0.192 e. The van der Waals surface area contributed by atoms with Gasteiger partial charge in [-0.1, -0.05) is 52.9 Å². The molecule has 0 aromatic rings. The smallest absolute Gasteiger partial charge is 0.192 e. The van der Waals surface area contributed by atoms with Crippen molar-refractivity contribution in [2.45, 2.75) is 103 Å². The molecule has 1 N–H and O–H groups in total. The van der Waals surface area contributed by atoms with E-state index in [1.54, 1.807) is 0 Å². The monoisotopic (exact) mass is 426 g/mol. The Kier molecular flexibility index (Phi) is 8.77. The lowest BCUT2D eigenvalue weighted by molar-refractivity contribution is -0.148. The van der Waals surface area contributed by atoms with Crippen LogP contribution in [0, 0.1) is 17.4 Å². The summed E-state index contributed by atoms with van der Waals surface area (Å²) in [5, 5.41) is 11.0. The van der Waals surface area contributed by atoms with Crippen molar-refractivity contribution in [1.82, 2.24) is 0 Å². The predicted molar refractivity (Wildman–Crippen MR) is 122 cm³/mol. The second kappa shape index (κ2) is 9.59. The topological polar surface area (TPSA) is 47.9 Å². The second-order valence-corrected chi connectivity index (χ2v) is 19.9. The Morgan fingerprint density at radius 3 is 2.25 bits per heavy atom. The molecule has 1 aliphatic carbocycles. The maximum atomic E-state index is 10.9. The normalized spacial score (nSPS) is 26.0. The first-order valence-electron chi connectivity index (χ1n) is 10.4. The lowest BCUT2D eigenvalue weighted by atomic mass is 9.95. The summed E-state index contributed by atoms with van der Waals surface area (Å²) < 4.78 is 18.3. The van der Waals surface area contributed by atoms with Gasteiger partial charge in [0, 0.05) is 18.9 Å². The van der Waals surface area contributed by atoms with Crippen molar-refractivity contribution in [3.63, 3.8) is 0 Å². The molecular weight excluding hydrogens is 384 g/mol. The molecule has 0 aliphatic heterocycles. The van der Waals surface area contributed by atoms with Gasteiger partial charge in [-0.25, -0.2) is 0 Å². The summed E-state index contributed by atoms with van der Waals surface area (Å²) in [4.78, 5) is 0. The van der Waals surface area contributed by atoms with Crippen LogP contribution in [0.2, 0.25) is 37.8 Å². The lowest BCUT2D eigenvalue weighted by Gasteiger charge is -2.40. The summed E-state index contributed by atoms with van der Waals surface area (Å²) in [5.41, 5.74) is 4.16. The average Bonchev–Trinajstić information content (AvgIpc) is 2.78. The number of hydrogen-bond acceptors (Lipinski definition) is 4. The number of rotatable bonds is 7. The zero-order valence-corrected chi connectivity index (χ0v) is 21.7. The summed E-state index contributed by atoms with van der Waals surface area (Å²) in [6, 6.07) is 0. The van der Waals surface area contributed by atoms with E-state index in [0.29, 0.717) is 13.0 Å². The highest BCUT2D eigenvalue weighted by Gasteiger charge is 2.48. The molecule has 1 saturated carbocycles. The minimum atomic E-state index is -2.01.